The molecular formula is C21H19F2N3O3S. The first-order valence-corrected chi connectivity index (χ1v) is 10.00. The summed E-state index contributed by atoms with van der Waals surface area (Å²) in [7, 11) is -1.65. The van der Waals surface area contributed by atoms with Crippen LogP contribution in [0.2, 0.25) is 0 Å². The number of pyridine rings is 2. The maximum atomic E-state index is 13.5. The van der Waals surface area contributed by atoms with Gasteiger partial charge in [0, 0.05) is 35.3 Å². The molecule has 2 unspecified atom stereocenters. The summed E-state index contributed by atoms with van der Waals surface area (Å²) >= 11 is 0. The third-order valence-electron chi connectivity index (χ3n) is 4.03. The number of furan rings is 1. The molecule has 0 saturated heterocycles. The summed E-state index contributed by atoms with van der Waals surface area (Å²) in [6, 6.07) is 6.72. The van der Waals surface area contributed by atoms with Crippen molar-refractivity contribution in [3.05, 3.63) is 89.6 Å². The van der Waals surface area contributed by atoms with Gasteiger partial charge in [0.1, 0.15) is 17.4 Å². The molecule has 0 fully saturated rings. The second-order valence-electron chi connectivity index (χ2n) is 6.33. The number of aliphatic hydroxyl groups is 1. The molecule has 0 aromatic carbocycles. The molecule has 0 aliphatic heterocycles. The van der Waals surface area contributed by atoms with Gasteiger partial charge < -0.3 is 9.52 Å². The van der Waals surface area contributed by atoms with Crippen LogP contribution in [-0.2, 0) is 17.3 Å². The Balaban J connectivity index is 1.62. The lowest BCUT2D eigenvalue weighted by atomic mass is 10.3. The fourth-order valence-corrected chi connectivity index (χ4v) is 3.52. The van der Waals surface area contributed by atoms with Crippen molar-refractivity contribution in [1.82, 2.24) is 15.3 Å². The van der Waals surface area contributed by atoms with Gasteiger partial charge in [-0.2, -0.15) is 0 Å². The number of halogens is 2. The van der Waals surface area contributed by atoms with E-state index in [0.717, 1.165) is 11.5 Å². The Hall–Kier alpha value is -3.01. The van der Waals surface area contributed by atoms with E-state index in [1.54, 1.807) is 36.7 Å². The first kappa shape index (κ1) is 21.7. The number of rotatable bonds is 8. The molecular weight excluding hydrogens is 412 g/mol. The van der Waals surface area contributed by atoms with Crippen molar-refractivity contribution in [2.24, 2.45) is 0 Å². The molecule has 2 N–H and O–H groups in total. The summed E-state index contributed by atoms with van der Waals surface area (Å²) in [6.07, 6.45) is 5.15. The van der Waals surface area contributed by atoms with E-state index in [2.05, 4.69) is 21.9 Å². The highest BCUT2D eigenvalue weighted by Crippen LogP contribution is 2.22. The summed E-state index contributed by atoms with van der Waals surface area (Å²) in [6.45, 7) is 4.65. The average molecular weight is 431 g/mol. The molecule has 0 saturated carbocycles. The molecule has 6 nitrogen and oxygen atoms in total. The Morgan fingerprint density at radius 3 is 2.80 bits per heavy atom. The molecule has 156 valence electrons. The first-order chi connectivity index (χ1) is 14.3. The second-order valence-corrected chi connectivity index (χ2v) is 7.98. The Morgan fingerprint density at radius 1 is 1.33 bits per heavy atom. The normalized spacial score (nSPS) is 14.7. The Morgan fingerprint density at radius 2 is 2.13 bits per heavy atom. The van der Waals surface area contributed by atoms with Gasteiger partial charge in [-0.25, -0.2) is 13.0 Å². The van der Waals surface area contributed by atoms with Gasteiger partial charge in [0.15, 0.2) is 11.8 Å². The Kier molecular flexibility index (Phi) is 6.99. The highest BCUT2D eigenvalue weighted by molar-refractivity contribution is 7.89. The zero-order valence-electron chi connectivity index (χ0n) is 16.0. The minimum Gasteiger partial charge on any atom is -0.455 e. The van der Waals surface area contributed by atoms with Crippen LogP contribution in [0.4, 0.5) is 8.78 Å². The van der Waals surface area contributed by atoms with E-state index < -0.39 is 28.7 Å². The molecule has 3 aromatic rings. The Bertz CT molecular complexity index is 1110. The van der Waals surface area contributed by atoms with E-state index in [4.69, 9.17) is 4.42 Å². The monoisotopic (exact) mass is 431 g/mol. The van der Waals surface area contributed by atoms with Crippen LogP contribution in [0.3, 0.4) is 0 Å². The van der Waals surface area contributed by atoms with Crippen LogP contribution in [0, 0.1) is 0 Å². The number of nitrogens with zero attached hydrogens (tertiary/aromatic N) is 2. The van der Waals surface area contributed by atoms with Crippen molar-refractivity contribution in [3.8, 4) is 0 Å². The number of hydrogen-bond acceptors (Lipinski definition) is 6. The van der Waals surface area contributed by atoms with E-state index in [0.29, 0.717) is 28.0 Å². The van der Waals surface area contributed by atoms with Crippen molar-refractivity contribution in [2.45, 2.75) is 24.6 Å². The number of nitrogens with one attached hydrogen (secondary N) is 1. The first-order valence-electron chi connectivity index (χ1n) is 8.85. The van der Waals surface area contributed by atoms with Crippen LogP contribution in [-0.4, -0.2) is 19.3 Å². The van der Waals surface area contributed by atoms with Gasteiger partial charge in [0.25, 0.3) is 0 Å². The summed E-state index contributed by atoms with van der Waals surface area (Å²) in [4.78, 5) is 8.73. The van der Waals surface area contributed by atoms with E-state index in [9.17, 15) is 18.1 Å². The summed E-state index contributed by atoms with van der Waals surface area (Å²) in [5.74, 6) is -1.46. The number of fused-ring (bicyclic) bond motifs is 1. The van der Waals surface area contributed by atoms with Gasteiger partial charge >= 0.3 is 0 Å². The molecule has 30 heavy (non-hydrogen) atoms. The van der Waals surface area contributed by atoms with Gasteiger partial charge in [0.2, 0.25) is 0 Å². The van der Waals surface area contributed by atoms with Gasteiger partial charge in [-0.3, -0.25) is 15.3 Å². The highest BCUT2D eigenvalue weighted by atomic mass is 32.2. The molecule has 0 bridgehead atoms. The lowest BCUT2D eigenvalue weighted by Gasteiger charge is -2.10. The van der Waals surface area contributed by atoms with Gasteiger partial charge in [-0.05, 0) is 37.3 Å². The summed E-state index contributed by atoms with van der Waals surface area (Å²) in [5, 5.41) is 14.0. The van der Waals surface area contributed by atoms with Crippen molar-refractivity contribution in [3.63, 3.8) is 0 Å². The topological polar surface area (TPSA) is 88.2 Å². The van der Waals surface area contributed by atoms with Crippen molar-refractivity contribution < 1.29 is 22.5 Å². The van der Waals surface area contributed by atoms with E-state index in [1.165, 1.54) is 13.1 Å². The third kappa shape index (κ3) is 5.53. The van der Waals surface area contributed by atoms with Crippen molar-refractivity contribution in [2.75, 3.05) is 0 Å². The fourth-order valence-electron chi connectivity index (χ4n) is 2.59. The van der Waals surface area contributed by atoms with Crippen LogP contribution in [0.15, 0.2) is 87.5 Å². The molecule has 3 aromatic heterocycles. The molecule has 0 radical (unpaired) electrons. The number of aliphatic hydroxyl groups excluding tert-OH is 1. The molecule has 3 heterocycles. The molecule has 9 heteroatoms. The fraction of sp³-hybridized carbons (Fsp3) is 0.143. The lowest BCUT2D eigenvalue weighted by molar-refractivity contribution is 0.113. The largest absolute Gasteiger partial charge is 0.455 e. The smallest absolute Gasteiger partial charge is 0.164 e. The quantitative estimate of drug-likeness (QED) is 0.407. The van der Waals surface area contributed by atoms with E-state index in [-0.39, 0.29) is 11.4 Å². The van der Waals surface area contributed by atoms with Gasteiger partial charge in [0.05, 0.1) is 27.6 Å². The van der Waals surface area contributed by atoms with Crippen LogP contribution < -0.4 is 5.32 Å². The van der Waals surface area contributed by atoms with E-state index in [1.807, 2.05) is 0 Å². The van der Waals surface area contributed by atoms with Crippen LogP contribution in [0.5, 0.6) is 0 Å². The van der Waals surface area contributed by atoms with Crippen molar-refractivity contribution in [1.29, 1.82) is 0 Å². The minimum absolute atomic E-state index is 0.201. The molecule has 3 rings (SSSR count). The summed E-state index contributed by atoms with van der Waals surface area (Å²) < 4.78 is 44.1. The van der Waals surface area contributed by atoms with Gasteiger partial charge in [-0.15, -0.1) is 0 Å². The second kappa shape index (κ2) is 9.66. The SMILES string of the molecule is C=C(F)C=C(F)C=C(C)S(=O)c1ccc(CNC(O)c2cc3ccncc3o2)nc1. The Labute approximate surface area is 174 Å². The number of allylic oxidation sites excluding steroid dienone is 5. The maximum Gasteiger partial charge on any atom is 0.164 e. The number of hydrogen-bond donors (Lipinski definition) is 2. The number of aromatic nitrogens is 2. The average Bonchev–Trinajstić information content (AvgIpc) is 3.15. The van der Waals surface area contributed by atoms with Crippen LogP contribution in [0.25, 0.3) is 11.0 Å². The zero-order valence-corrected chi connectivity index (χ0v) is 16.8. The van der Waals surface area contributed by atoms with Gasteiger partial charge in [-0.1, -0.05) is 6.58 Å². The molecule has 0 aliphatic rings. The minimum atomic E-state index is -1.65. The molecule has 0 spiro atoms. The molecule has 0 amide bonds. The third-order valence-corrected chi connectivity index (χ3v) is 5.40. The maximum absolute atomic E-state index is 13.5. The predicted octanol–water partition coefficient (Wildman–Crippen LogP) is 4.35. The lowest BCUT2D eigenvalue weighted by Crippen LogP contribution is -2.20. The standard InChI is InChI=1S/C21H19F2N3O3S/c1-13(22)7-16(23)8-14(2)30(28)18-4-3-17(25-11-18)10-26-21(27)19-9-15-5-6-24-12-20(15)29-19/h3-9,11-12,21,26-27H,1,10H2,2H3. The highest BCUT2D eigenvalue weighted by Gasteiger charge is 2.14. The zero-order chi connectivity index (χ0) is 21.7. The molecule has 2 atom stereocenters. The molecule has 0 aliphatic carbocycles. The van der Waals surface area contributed by atoms with Crippen molar-refractivity contribution >= 4 is 21.8 Å². The predicted molar refractivity (Wildman–Crippen MR) is 110 cm³/mol. The van der Waals surface area contributed by atoms with Crippen LogP contribution >= 0.6 is 0 Å². The van der Waals surface area contributed by atoms with E-state index >= 15 is 0 Å². The summed E-state index contributed by atoms with van der Waals surface area (Å²) in [5.41, 5.74) is 1.16. The van der Waals surface area contributed by atoms with Crippen LogP contribution in [0.1, 0.15) is 24.6 Å².